The van der Waals surface area contributed by atoms with Crippen LogP contribution in [0.2, 0.25) is 0 Å². The van der Waals surface area contributed by atoms with Crippen LogP contribution in [-0.4, -0.2) is 11.6 Å². The second-order valence-corrected chi connectivity index (χ2v) is 8.67. The number of hydrogen-bond acceptors (Lipinski definition) is 2. The van der Waals surface area contributed by atoms with Gasteiger partial charge in [-0.25, -0.2) is 0 Å². The summed E-state index contributed by atoms with van der Waals surface area (Å²) in [7, 11) is 0. The molecule has 6 atom stereocenters. The minimum absolute atomic E-state index is 0.126. The van der Waals surface area contributed by atoms with Crippen molar-refractivity contribution >= 4 is 11.6 Å². The zero-order valence-electron chi connectivity index (χ0n) is 14.1. The van der Waals surface area contributed by atoms with Gasteiger partial charge in [-0.1, -0.05) is 34.1 Å². The van der Waals surface area contributed by atoms with Gasteiger partial charge in [0, 0.05) is 24.7 Å². The third-order valence-electron chi connectivity index (χ3n) is 7.29. The first kappa shape index (κ1) is 15.2. The average Bonchev–Trinajstić information content (AvgIpc) is 2.70. The predicted molar refractivity (Wildman–Crippen MR) is 83.9 cm³/mol. The maximum atomic E-state index is 12.7. The lowest BCUT2D eigenvalue weighted by molar-refractivity contribution is -0.150. The van der Waals surface area contributed by atoms with Crippen molar-refractivity contribution < 1.29 is 9.59 Å². The van der Waals surface area contributed by atoms with Crippen LogP contribution in [0.5, 0.6) is 0 Å². The lowest BCUT2D eigenvalue weighted by Crippen LogP contribution is -2.54. The number of carbonyl (C=O) groups is 2. The molecule has 0 aliphatic heterocycles. The summed E-state index contributed by atoms with van der Waals surface area (Å²) in [4.78, 5) is 24.8. The highest BCUT2D eigenvalue weighted by Crippen LogP contribution is 2.63. The molecule has 0 aromatic heterocycles. The van der Waals surface area contributed by atoms with E-state index < -0.39 is 0 Å². The molecule has 0 aromatic carbocycles. The Hall–Kier alpha value is -0.660. The molecule has 0 heterocycles. The Morgan fingerprint density at radius 3 is 2.52 bits per heavy atom. The van der Waals surface area contributed by atoms with Crippen molar-refractivity contribution in [2.24, 2.45) is 34.5 Å². The van der Waals surface area contributed by atoms with Gasteiger partial charge in [-0.05, 0) is 48.3 Å². The molecule has 3 aliphatic carbocycles. The molecule has 0 N–H and O–H groups in total. The van der Waals surface area contributed by atoms with Gasteiger partial charge >= 0.3 is 0 Å². The van der Waals surface area contributed by atoms with E-state index in [0.29, 0.717) is 35.2 Å². The number of Topliss-reactive ketones (excluding diaryl/α,β-unsaturated/α-hetero) is 2. The van der Waals surface area contributed by atoms with Crippen LogP contribution in [0.4, 0.5) is 0 Å². The van der Waals surface area contributed by atoms with E-state index >= 15 is 0 Å². The van der Waals surface area contributed by atoms with Crippen LogP contribution in [0.25, 0.3) is 0 Å². The second-order valence-electron chi connectivity index (χ2n) is 8.67. The molecule has 3 saturated carbocycles. The van der Waals surface area contributed by atoms with Gasteiger partial charge in [-0.15, -0.1) is 0 Å². The van der Waals surface area contributed by atoms with Gasteiger partial charge in [-0.3, -0.25) is 9.59 Å². The summed E-state index contributed by atoms with van der Waals surface area (Å²) in [6, 6.07) is 0. The first-order valence-corrected chi connectivity index (χ1v) is 8.87. The summed E-state index contributed by atoms with van der Waals surface area (Å²) < 4.78 is 0. The van der Waals surface area contributed by atoms with Crippen LogP contribution in [0.3, 0.4) is 0 Å². The van der Waals surface area contributed by atoms with Crippen LogP contribution < -0.4 is 0 Å². The van der Waals surface area contributed by atoms with E-state index in [1.807, 2.05) is 0 Å². The van der Waals surface area contributed by atoms with Crippen molar-refractivity contribution in [3.63, 3.8) is 0 Å². The highest BCUT2D eigenvalue weighted by atomic mass is 16.1. The molecule has 3 rings (SSSR count). The normalized spacial score (nSPS) is 49.9. The largest absolute Gasteiger partial charge is 0.300 e. The average molecular weight is 290 g/mol. The molecule has 21 heavy (non-hydrogen) atoms. The van der Waals surface area contributed by atoms with E-state index in [0.717, 1.165) is 44.9 Å². The maximum absolute atomic E-state index is 12.7. The molecule has 3 aliphatic rings. The van der Waals surface area contributed by atoms with E-state index in [2.05, 4.69) is 27.7 Å². The third-order valence-corrected chi connectivity index (χ3v) is 7.29. The van der Waals surface area contributed by atoms with Crippen LogP contribution >= 0.6 is 0 Å². The topological polar surface area (TPSA) is 34.1 Å². The molecule has 3 fully saturated rings. The third kappa shape index (κ3) is 2.12. The van der Waals surface area contributed by atoms with Crippen molar-refractivity contribution in [2.75, 3.05) is 0 Å². The summed E-state index contributed by atoms with van der Waals surface area (Å²) in [6.07, 6.45) is 6.70. The van der Waals surface area contributed by atoms with Gasteiger partial charge in [0.25, 0.3) is 0 Å². The van der Waals surface area contributed by atoms with Crippen LogP contribution in [0.1, 0.15) is 72.6 Å². The van der Waals surface area contributed by atoms with Gasteiger partial charge in [0.2, 0.25) is 0 Å². The highest BCUT2D eigenvalue weighted by molar-refractivity contribution is 5.86. The summed E-state index contributed by atoms with van der Waals surface area (Å²) in [6.45, 7) is 9.01. The number of ketones is 2. The number of hydrogen-bond donors (Lipinski definition) is 0. The van der Waals surface area contributed by atoms with Crippen molar-refractivity contribution in [3.05, 3.63) is 0 Å². The summed E-state index contributed by atoms with van der Waals surface area (Å²) >= 11 is 0. The molecule has 118 valence electrons. The Morgan fingerprint density at radius 1 is 1.14 bits per heavy atom. The molecule has 2 nitrogen and oxygen atoms in total. The Kier molecular flexibility index (Phi) is 3.58. The molecule has 0 radical (unpaired) electrons. The molecular formula is C19H30O2. The van der Waals surface area contributed by atoms with E-state index in [4.69, 9.17) is 0 Å². The molecule has 0 bridgehead atoms. The molecule has 0 amide bonds. The molecular weight excluding hydrogens is 260 g/mol. The van der Waals surface area contributed by atoms with E-state index in [9.17, 15) is 9.59 Å². The predicted octanol–water partition coefficient (Wildman–Crippen LogP) is 4.41. The lowest BCUT2D eigenvalue weighted by atomic mass is 9.47. The summed E-state index contributed by atoms with van der Waals surface area (Å²) in [5.74, 6) is 3.04. The van der Waals surface area contributed by atoms with Crippen molar-refractivity contribution in [1.82, 2.24) is 0 Å². The fourth-order valence-electron chi connectivity index (χ4n) is 6.23. The summed E-state index contributed by atoms with van der Waals surface area (Å²) in [5, 5.41) is 0. The monoisotopic (exact) mass is 290 g/mol. The maximum Gasteiger partial charge on any atom is 0.139 e. The van der Waals surface area contributed by atoms with Crippen molar-refractivity contribution in [1.29, 1.82) is 0 Å². The fourth-order valence-corrected chi connectivity index (χ4v) is 6.23. The van der Waals surface area contributed by atoms with Crippen LogP contribution in [0, 0.1) is 34.5 Å². The Morgan fingerprint density at radius 2 is 1.86 bits per heavy atom. The van der Waals surface area contributed by atoms with Crippen molar-refractivity contribution in [3.8, 4) is 0 Å². The van der Waals surface area contributed by atoms with Gasteiger partial charge in [0.15, 0.2) is 0 Å². The van der Waals surface area contributed by atoms with Crippen LogP contribution in [-0.2, 0) is 9.59 Å². The fraction of sp³-hybridized carbons (Fsp3) is 0.895. The van der Waals surface area contributed by atoms with E-state index in [1.165, 1.54) is 0 Å². The standard InChI is InChI=1S/C19H30O2/c1-5-7-19(4)14-6-8-18(3)11-13(20)10-15(18)17(14)12(2)9-16(19)21/h12,14-15,17H,5-11H2,1-4H3. The quantitative estimate of drug-likeness (QED) is 0.754. The van der Waals surface area contributed by atoms with E-state index in [-0.39, 0.29) is 10.8 Å². The van der Waals surface area contributed by atoms with Gasteiger partial charge < -0.3 is 0 Å². The molecule has 0 spiro atoms. The Bertz CT molecular complexity index is 468. The minimum Gasteiger partial charge on any atom is -0.300 e. The lowest BCUT2D eigenvalue weighted by Gasteiger charge is -2.56. The molecule has 2 heteroatoms. The van der Waals surface area contributed by atoms with Gasteiger partial charge in [-0.2, -0.15) is 0 Å². The second kappa shape index (κ2) is 4.93. The van der Waals surface area contributed by atoms with E-state index in [1.54, 1.807) is 0 Å². The number of carbonyl (C=O) groups excluding carboxylic acids is 2. The number of rotatable bonds is 2. The SMILES string of the molecule is CCCC1(C)C(=O)CC(C)C2C3CC(=O)CC3(C)CCC21. The zero-order valence-corrected chi connectivity index (χ0v) is 14.1. The van der Waals surface area contributed by atoms with Gasteiger partial charge in [0.1, 0.15) is 11.6 Å². The zero-order chi connectivity index (χ0) is 15.4. The smallest absolute Gasteiger partial charge is 0.139 e. The Labute approximate surface area is 129 Å². The summed E-state index contributed by atoms with van der Waals surface area (Å²) in [5.41, 5.74) is 0.0961. The van der Waals surface area contributed by atoms with Gasteiger partial charge in [0.05, 0.1) is 0 Å². The molecule has 0 saturated heterocycles. The first-order chi connectivity index (χ1) is 9.82. The highest BCUT2D eigenvalue weighted by Gasteiger charge is 2.59. The van der Waals surface area contributed by atoms with Crippen LogP contribution in [0.15, 0.2) is 0 Å². The first-order valence-electron chi connectivity index (χ1n) is 8.87. The Balaban J connectivity index is 1.97. The number of fused-ring (bicyclic) bond motifs is 3. The molecule has 6 unspecified atom stereocenters. The van der Waals surface area contributed by atoms with Crippen molar-refractivity contribution in [2.45, 2.75) is 72.6 Å². The molecule has 0 aromatic rings. The minimum atomic E-state index is -0.126.